The number of aryl methyl sites for hydroxylation is 1. The van der Waals surface area contributed by atoms with Gasteiger partial charge in [-0.25, -0.2) is 9.18 Å². The van der Waals surface area contributed by atoms with Crippen LogP contribution < -0.4 is 5.32 Å². The highest BCUT2D eigenvalue weighted by Crippen LogP contribution is 2.13. The van der Waals surface area contributed by atoms with E-state index in [1.54, 1.807) is 24.0 Å². The Bertz CT molecular complexity index is 580. The van der Waals surface area contributed by atoms with Crippen LogP contribution in [0.2, 0.25) is 0 Å². The lowest BCUT2D eigenvalue weighted by molar-refractivity contribution is 0.0696. The molecule has 0 aliphatic carbocycles. The van der Waals surface area contributed by atoms with Gasteiger partial charge in [-0.3, -0.25) is 4.68 Å². The summed E-state index contributed by atoms with van der Waals surface area (Å²) in [5, 5.41) is 15.8. The summed E-state index contributed by atoms with van der Waals surface area (Å²) < 4.78 is 15.1. The van der Waals surface area contributed by atoms with Gasteiger partial charge in [0, 0.05) is 31.4 Å². The zero-order valence-corrected chi connectivity index (χ0v) is 9.72. The Labute approximate surface area is 103 Å². The van der Waals surface area contributed by atoms with Crippen molar-refractivity contribution in [3.05, 3.63) is 47.4 Å². The minimum Gasteiger partial charge on any atom is -0.478 e. The number of nitrogens with one attached hydrogen (secondary N) is 1. The predicted molar refractivity (Wildman–Crippen MR) is 63.9 cm³/mol. The van der Waals surface area contributed by atoms with E-state index in [1.807, 2.05) is 0 Å². The highest BCUT2D eigenvalue weighted by Gasteiger charge is 2.08. The van der Waals surface area contributed by atoms with Gasteiger partial charge in [-0.05, 0) is 18.2 Å². The molecule has 0 saturated heterocycles. The molecule has 0 saturated carbocycles. The quantitative estimate of drug-likeness (QED) is 0.868. The van der Waals surface area contributed by atoms with E-state index < -0.39 is 11.8 Å². The number of hydrogen-bond donors (Lipinski definition) is 2. The largest absolute Gasteiger partial charge is 0.478 e. The number of halogens is 1. The maximum atomic E-state index is 13.5. The minimum absolute atomic E-state index is 0.0641. The lowest BCUT2D eigenvalue weighted by Gasteiger charge is -2.05. The summed E-state index contributed by atoms with van der Waals surface area (Å²) >= 11 is 0. The molecule has 0 bridgehead atoms. The molecular formula is C12H12FN3O2. The van der Waals surface area contributed by atoms with E-state index in [4.69, 9.17) is 5.11 Å². The van der Waals surface area contributed by atoms with Crippen LogP contribution in [0.5, 0.6) is 0 Å². The molecule has 0 amide bonds. The third-order valence-electron chi connectivity index (χ3n) is 2.47. The topological polar surface area (TPSA) is 67.2 Å². The fourth-order valence-electron chi connectivity index (χ4n) is 1.54. The molecule has 0 radical (unpaired) electrons. The van der Waals surface area contributed by atoms with E-state index in [0.29, 0.717) is 11.4 Å². The number of aromatic nitrogens is 2. The predicted octanol–water partition coefficient (Wildman–Crippen LogP) is 1.87. The normalized spacial score (nSPS) is 10.3. The molecular weight excluding hydrogens is 237 g/mol. The monoisotopic (exact) mass is 249 g/mol. The van der Waals surface area contributed by atoms with Crippen molar-refractivity contribution in [2.75, 3.05) is 5.32 Å². The van der Waals surface area contributed by atoms with Crippen molar-refractivity contribution < 1.29 is 14.3 Å². The van der Waals surface area contributed by atoms with Crippen LogP contribution in [0.3, 0.4) is 0 Å². The first-order valence-electron chi connectivity index (χ1n) is 5.31. The maximum absolute atomic E-state index is 13.5. The van der Waals surface area contributed by atoms with Crippen molar-refractivity contribution in [3.63, 3.8) is 0 Å². The third kappa shape index (κ3) is 2.65. The summed E-state index contributed by atoms with van der Waals surface area (Å²) in [4.78, 5) is 10.8. The van der Waals surface area contributed by atoms with E-state index in [2.05, 4.69) is 10.4 Å². The molecule has 0 fully saturated rings. The fraction of sp³-hybridized carbons (Fsp3) is 0.167. The highest BCUT2D eigenvalue weighted by molar-refractivity contribution is 5.87. The van der Waals surface area contributed by atoms with E-state index in [0.717, 1.165) is 6.07 Å². The third-order valence-corrected chi connectivity index (χ3v) is 2.47. The Balaban J connectivity index is 2.13. The van der Waals surface area contributed by atoms with Crippen LogP contribution in [0.15, 0.2) is 30.5 Å². The number of hydrogen-bond acceptors (Lipinski definition) is 3. The smallest absolute Gasteiger partial charge is 0.335 e. The SMILES string of the molecule is Cn1ccc(NCc2cc(C(=O)O)ccc2F)n1. The zero-order valence-electron chi connectivity index (χ0n) is 9.72. The van der Waals surface area contributed by atoms with E-state index in [1.165, 1.54) is 12.1 Å². The Hall–Kier alpha value is -2.37. The molecule has 0 aliphatic heterocycles. The van der Waals surface area contributed by atoms with Crippen molar-refractivity contribution in [1.29, 1.82) is 0 Å². The number of rotatable bonds is 4. The number of aromatic carboxylic acids is 1. The van der Waals surface area contributed by atoms with Gasteiger partial charge in [0.2, 0.25) is 0 Å². The molecule has 1 heterocycles. The van der Waals surface area contributed by atoms with Gasteiger partial charge in [-0.15, -0.1) is 0 Å². The molecule has 5 nitrogen and oxygen atoms in total. The first kappa shape index (κ1) is 12.1. The van der Waals surface area contributed by atoms with Gasteiger partial charge >= 0.3 is 5.97 Å². The molecule has 0 atom stereocenters. The summed E-state index contributed by atoms with van der Waals surface area (Å²) in [5.74, 6) is -0.907. The summed E-state index contributed by atoms with van der Waals surface area (Å²) in [7, 11) is 1.77. The van der Waals surface area contributed by atoms with Gasteiger partial charge < -0.3 is 10.4 Å². The fourth-order valence-corrected chi connectivity index (χ4v) is 1.54. The van der Waals surface area contributed by atoms with Gasteiger partial charge in [0.05, 0.1) is 5.56 Å². The highest BCUT2D eigenvalue weighted by atomic mass is 19.1. The summed E-state index contributed by atoms with van der Waals surface area (Å²) in [5.41, 5.74) is 0.356. The molecule has 2 rings (SSSR count). The van der Waals surface area contributed by atoms with Crippen LogP contribution in [0.25, 0.3) is 0 Å². The van der Waals surface area contributed by atoms with Gasteiger partial charge in [0.1, 0.15) is 11.6 Å². The van der Waals surface area contributed by atoms with Crippen LogP contribution in [0, 0.1) is 5.82 Å². The maximum Gasteiger partial charge on any atom is 0.335 e. The Kier molecular flexibility index (Phi) is 3.27. The molecule has 0 aliphatic rings. The van der Waals surface area contributed by atoms with Crippen molar-refractivity contribution in [1.82, 2.24) is 9.78 Å². The number of nitrogens with zero attached hydrogens (tertiary/aromatic N) is 2. The Morgan fingerprint density at radius 1 is 1.50 bits per heavy atom. The van der Waals surface area contributed by atoms with E-state index in [9.17, 15) is 9.18 Å². The van der Waals surface area contributed by atoms with Crippen LogP contribution in [-0.4, -0.2) is 20.9 Å². The van der Waals surface area contributed by atoms with Crippen molar-refractivity contribution in [3.8, 4) is 0 Å². The molecule has 0 spiro atoms. The van der Waals surface area contributed by atoms with Crippen molar-refractivity contribution >= 4 is 11.8 Å². The van der Waals surface area contributed by atoms with Crippen molar-refractivity contribution in [2.24, 2.45) is 7.05 Å². The van der Waals surface area contributed by atoms with Gasteiger partial charge in [0.15, 0.2) is 0 Å². The number of carboxylic acid groups (broad SMARTS) is 1. The summed E-state index contributed by atoms with van der Waals surface area (Å²) in [6.07, 6.45) is 1.76. The average molecular weight is 249 g/mol. The Morgan fingerprint density at radius 2 is 2.28 bits per heavy atom. The first-order chi connectivity index (χ1) is 8.56. The van der Waals surface area contributed by atoms with Crippen LogP contribution >= 0.6 is 0 Å². The standard InChI is InChI=1S/C12H12FN3O2/c1-16-5-4-11(15-16)14-7-9-6-8(12(17)18)2-3-10(9)13/h2-6H,7H2,1H3,(H,14,15)(H,17,18). The second-order valence-electron chi connectivity index (χ2n) is 3.84. The summed E-state index contributed by atoms with van der Waals surface area (Å²) in [6.45, 7) is 0.184. The van der Waals surface area contributed by atoms with Gasteiger partial charge in [0.25, 0.3) is 0 Å². The van der Waals surface area contributed by atoms with Crippen LogP contribution in [0.1, 0.15) is 15.9 Å². The lowest BCUT2D eigenvalue weighted by atomic mass is 10.1. The molecule has 0 unspecified atom stereocenters. The molecule has 1 aromatic heterocycles. The molecule has 1 aromatic carbocycles. The second kappa shape index (κ2) is 4.87. The molecule has 2 aromatic rings. The van der Waals surface area contributed by atoms with Crippen LogP contribution in [0.4, 0.5) is 10.2 Å². The first-order valence-corrected chi connectivity index (χ1v) is 5.31. The molecule has 2 N–H and O–H groups in total. The molecule has 6 heteroatoms. The zero-order chi connectivity index (χ0) is 13.1. The molecule has 18 heavy (non-hydrogen) atoms. The number of benzene rings is 1. The van der Waals surface area contributed by atoms with E-state index >= 15 is 0 Å². The second-order valence-corrected chi connectivity index (χ2v) is 3.84. The number of carboxylic acids is 1. The van der Waals surface area contributed by atoms with Crippen molar-refractivity contribution in [2.45, 2.75) is 6.54 Å². The minimum atomic E-state index is -1.07. The molecule has 94 valence electrons. The van der Waals surface area contributed by atoms with Gasteiger partial charge in [-0.1, -0.05) is 0 Å². The lowest BCUT2D eigenvalue weighted by Crippen LogP contribution is -2.05. The number of anilines is 1. The van der Waals surface area contributed by atoms with Gasteiger partial charge in [-0.2, -0.15) is 5.10 Å². The van der Waals surface area contributed by atoms with Crippen LogP contribution in [-0.2, 0) is 13.6 Å². The Morgan fingerprint density at radius 3 is 2.89 bits per heavy atom. The average Bonchev–Trinajstić information content (AvgIpc) is 2.74. The van der Waals surface area contributed by atoms with E-state index in [-0.39, 0.29) is 12.1 Å². The summed E-state index contributed by atoms with van der Waals surface area (Å²) in [6, 6.07) is 5.45. The number of carbonyl (C=O) groups is 1.